The van der Waals surface area contributed by atoms with Gasteiger partial charge in [-0.1, -0.05) is 0 Å². The van der Waals surface area contributed by atoms with Gasteiger partial charge in [0.15, 0.2) is 0 Å². The third-order valence-corrected chi connectivity index (χ3v) is 3.61. The summed E-state index contributed by atoms with van der Waals surface area (Å²) >= 11 is 4.43. The molecule has 2 rings (SSSR count). The van der Waals surface area contributed by atoms with Crippen molar-refractivity contribution in [2.24, 2.45) is 0 Å². The van der Waals surface area contributed by atoms with Crippen molar-refractivity contribution in [3.05, 3.63) is 0 Å². The first-order valence-electron chi connectivity index (χ1n) is 6.04. The normalized spacial score (nSPS) is 37.9. The highest BCUT2D eigenvalue weighted by atomic mass is 32.1. The van der Waals surface area contributed by atoms with Crippen LogP contribution in [-0.4, -0.2) is 61.4 Å². The molecular formula is C11H22N2O2S. The summed E-state index contributed by atoms with van der Waals surface area (Å²) in [5.74, 6) is 0. The van der Waals surface area contributed by atoms with Crippen molar-refractivity contribution in [2.45, 2.75) is 37.3 Å². The molecule has 2 saturated heterocycles. The number of hydrogen-bond acceptors (Lipinski definition) is 5. The van der Waals surface area contributed by atoms with Crippen LogP contribution in [0.25, 0.3) is 0 Å². The minimum absolute atomic E-state index is 0.148. The lowest BCUT2D eigenvalue weighted by Crippen LogP contribution is -2.62. The Labute approximate surface area is 103 Å². The Morgan fingerprint density at radius 1 is 1.25 bits per heavy atom. The monoisotopic (exact) mass is 246 g/mol. The van der Waals surface area contributed by atoms with Crippen LogP contribution in [0.3, 0.4) is 0 Å². The van der Waals surface area contributed by atoms with Gasteiger partial charge in [0.1, 0.15) is 0 Å². The van der Waals surface area contributed by atoms with E-state index in [9.17, 15) is 0 Å². The topological polar surface area (TPSA) is 33.7 Å². The third kappa shape index (κ3) is 2.90. The molecule has 3 unspecified atom stereocenters. The van der Waals surface area contributed by atoms with Crippen molar-refractivity contribution in [3.63, 3.8) is 0 Å². The van der Waals surface area contributed by atoms with Crippen LogP contribution in [0, 0.1) is 0 Å². The van der Waals surface area contributed by atoms with E-state index in [1.165, 1.54) is 0 Å². The molecule has 1 N–H and O–H groups in total. The van der Waals surface area contributed by atoms with E-state index in [1.807, 2.05) is 0 Å². The zero-order valence-corrected chi connectivity index (χ0v) is 11.0. The molecule has 0 spiro atoms. The number of nitrogens with one attached hydrogen (secondary N) is 1. The molecule has 0 aliphatic carbocycles. The average molecular weight is 246 g/mol. The lowest BCUT2D eigenvalue weighted by atomic mass is 10.0. The third-order valence-electron chi connectivity index (χ3n) is 3.32. The Bertz CT molecular complexity index is 228. The Hall–Kier alpha value is 0.190. The Balaban J connectivity index is 1.98. The number of ether oxygens (including phenoxy) is 2. The molecule has 0 saturated carbocycles. The fourth-order valence-corrected chi connectivity index (χ4v) is 2.79. The predicted octanol–water partition coefficient (Wildman–Crippen LogP) is 0.340. The molecular weight excluding hydrogens is 224 g/mol. The van der Waals surface area contributed by atoms with Gasteiger partial charge in [0.2, 0.25) is 0 Å². The quantitative estimate of drug-likeness (QED) is 0.689. The maximum atomic E-state index is 5.59. The van der Waals surface area contributed by atoms with E-state index in [4.69, 9.17) is 9.47 Å². The second kappa shape index (κ2) is 5.69. The van der Waals surface area contributed by atoms with E-state index in [1.54, 1.807) is 0 Å². The van der Waals surface area contributed by atoms with Crippen molar-refractivity contribution in [2.75, 3.05) is 33.0 Å². The molecule has 2 aliphatic rings. The van der Waals surface area contributed by atoms with Crippen LogP contribution in [-0.2, 0) is 9.47 Å². The molecule has 2 aliphatic heterocycles. The summed E-state index contributed by atoms with van der Waals surface area (Å²) in [7, 11) is 0. The van der Waals surface area contributed by atoms with Gasteiger partial charge in [0, 0.05) is 18.6 Å². The van der Waals surface area contributed by atoms with Crippen molar-refractivity contribution >= 4 is 12.6 Å². The van der Waals surface area contributed by atoms with Gasteiger partial charge in [0.25, 0.3) is 0 Å². The molecule has 94 valence electrons. The van der Waals surface area contributed by atoms with Crippen molar-refractivity contribution in [3.8, 4) is 0 Å². The molecule has 3 atom stereocenters. The molecule has 0 aromatic carbocycles. The predicted molar refractivity (Wildman–Crippen MR) is 67.0 cm³/mol. The Morgan fingerprint density at radius 3 is 2.75 bits per heavy atom. The highest BCUT2D eigenvalue weighted by Crippen LogP contribution is 2.17. The van der Waals surface area contributed by atoms with Crippen LogP contribution >= 0.6 is 12.6 Å². The second-order valence-corrected chi connectivity index (χ2v) is 5.42. The summed E-state index contributed by atoms with van der Waals surface area (Å²) in [6, 6.07) is 1.29. The first-order chi connectivity index (χ1) is 7.68. The van der Waals surface area contributed by atoms with Gasteiger partial charge in [-0.05, 0) is 13.8 Å². The molecule has 0 radical (unpaired) electrons. The first kappa shape index (κ1) is 12.6. The maximum Gasteiger partial charge on any atom is 0.0743 e. The Morgan fingerprint density at radius 2 is 2.06 bits per heavy atom. The molecule has 4 nitrogen and oxygen atoms in total. The van der Waals surface area contributed by atoms with Gasteiger partial charge >= 0.3 is 0 Å². The summed E-state index contributed by atoms with van der Waals surface area (Å²) in [5.41, 5.74) is 0. The van der Waals surface area contributed by atoms with E-state index in [2.05, 4.69) is 36.7 Å². The van der Waals surface area contributed by atoms with E-state index < -0.39 is 0 Å². The number of hydrogen-bond donors (Lipinski definition) is 2. The maximum absolute atomic E-state index is 5.59. The van der Waals surface area contributed by atoms with Crippen LogP contribution in [0.15, 0.2) is 0 Å². The molecule has 2 heterocycles. The van der Waals surface area contributed by atoms with E-state index in [0.29, 0.717) is 24.7 Å². The molecule has 2 fully saturated rings. The fourth-order valence-electron chi connectivity index (χ4n) is 2.50. The lowest BCUT2D eigenvalue weighted by molar-refractivity contribution is -0.0595. The van der Waals surface area contributed by atoms with Gasteiger partial charge in [-0.25, -0.2) is 0 Å². The van der Waals surface area contributed by atoms with E-state index in [0.717, 1.165) is 26.4 Å². The van der Waals surface area contributed by atoms with Crippen LogP contribution in [0.2, 0.25) is 0 Å². The van der Waals surface area contributed by atoms with Crippen LogP contribution in [0.5, 0.6) is 0 Å². The smallest absolute Gasteiger partial charge is 0.0743 e. The van der Waals surface area contributed by atoms with Crippen molar-refractivity contribution in [1.29, 1.82) is 0 Å². The van der Waals surface area contributed by atoms with Crippen molar-refractivity contribution < 1.29 is 9.47 Å². The van der Waals surface area contributed by atoms with E-state index >= 15 is 0 Å². The summed E-state index contributed by atoms with van der Waals surface area (Å²) in [4.78, 5) is 2.50. The minimum Gasteiger partial charge on any atom is -0.378 e. The van der Waals surface area contributed by atoms with Crippen LogP contribution in [0.1, 0.15) is 13.8 Å². The first-order valence-corrected chi connectivity index (χ1v) is 6.55. The van der Waals surface area contributed by atoms with Gasteiger partial charge in [-0.15, -0.1) is 0 Å². The number of rotatable bonds is 2. The molecule has 0 aromatic rings. The largest absolute Gasteiger partial charge is 0.378 e. The van der Waals surface area contributed by atoms with E-state index in [-0.39, 0.29) is 5.37 Å². The van der Waals surface area contributed by atoms with Crippen LogP contribution < -0.4 is 5.32 Å². The average Bonchev–Trinajstić information content (AvgIpc) is 2.29. The van der Waals surface area contributed by atoms with Gasteiger partial charge in [0.05, 0.1) is 37.8 Å². The number of thiol groups is 1. The highest BCUT2D eigenvalue weighted by Gasteiger charge is 2.34. The van der Waals surface area contributed by atoms with Crippen LogP contribution in [0.4, 0.5) is 0 Å². The Kier molecular flexibility index (Phi) is 4.49. The summed E-state index contributed by atoms with van der Waals surface area (Å²) in [6.07, 6.45) is 0. The van der Waals surface area contributed by atoms with Gasteiger partial charge in [-0.3, -0.25) is 10.2 Å². The molecule has 5 heteroatoms. The summed E-state index contributed by atoms with van der Waals surface area (Å²) < 4.78 is 11.1. The summed E-state index contributed by atoms with van der Waals surface area (Å²) in [6.45, 7) is 8.56. The molecule has 0 bridgehead atoms. The number of morpholine rings is 2. The standard InChI is InChI=1S/C11H22N2O2S/c1-8(2)13-3-4-14-6-10(13)9-5-15-7-11(16)12-9/h8-12,16H,3-7H2,1-2H3. The summed E-state index contributed by atoms with van der Waals surface area (Å²) in [5, 5.41) is 3.64. The number of nitrogens with zero attached hydrogens (tertiary/aromatic N) is 1. The zero-order valence-electron chi connectivity index (χ0n) is 10.1. The molecule has 0 aromatic heterocycles. The fraction of sp³-hybridized carbons (Fsp3) is 1.00. The SMILES string of the molecule is CC(C)N1CCOCC1C1COCC(S)N1. The zero-order chi connectivity index (χ0) is 11.5. The molecule has 0 amide bonds. The second-order valence-electron chi connectivity index (χ2n) is 4.80. The van der Waals surface area contributed by atoms with Crippen molar-refractivity contribution in [1.82, 2.24) is 10.2 Å². The highest BCUT2D eigenvalue weighted by molar-refractivity contribution is 7.80. The molecule has 16 heavy (non-hydrogen) atoms. The van der Waals surface area contributed by atoms with Gasteiger partial charge in [-0.2, -0.15) is 12.6 Å². The minimum atomic E-state index is 0.148. The van der Waals surface area contributed by atoms with Gasteiger partial charge < -0.3 is 9.47 Å². The lowest BCUT2D eigenvalue weighted by Gasteiger charge is -2.44.